The van der Waals surface area contributed by atoms with Gasteiger partial charge < -0.3 is 13.8 Å². The van der Waals surface area contributed by atoms with E-state index in [2.05, 4.69) is 9.68 Å². The Balaban J connectivity index is 1.81. The summed E-state index contributed by atoms with van der Waals surface area (Å²) >= 11 is 0. The SMILES string of the molecule is CC1(C)OB(c2ccc(-c3cc(C(F)(F)F)on3)cc2)OC1(C)C. The van der Waals surface area contributed by atoms with Crippen molar-refractivity contribution in [2.75, 3.05) is 0 Å². The molecule has 2 aromatic rings. The molecule has 1 fully saturated rings. The Morgan fingerprint density at radius 1 is 0.958 bits per heavy atom. The van der Waals surface area contributed by atoms with Gasteiger partial charge in [-0.05, 0) is 33.2 Å². The second-order valence-electron chi connectivity index (χ2n) is 6.78. The van der Waals surface area contributed by atoms with Crippen LogP contribution in [0.15, 0.2) is 34.9 Å². The summed E-state index contributed by atoms with van der Waals surface area (Å²) in [5.74, 6) is -1.12. The summed E-state index contributed by atoms with van der Waals surface area (Å²) in [5.41, 5.74) is 0.531. The highest BCUT2D eigenvalue weighted by molar-refractivity contribution is 6.62. The quantitative estimate of drug-likeness (QED) is 0.784. The van der Waals surface area contributed by atoms with Crippen molar-refractivity contribution in [3.63, 3.8) is 0 Å². The van der Waals surface area contributed by atoms with Crippen LogP contribution in [-0.4, -0.2) is 23.5 Å². The Bertz CT molecular complexity index is 722. The van der Waals surface area contributed by atoms with Crippen LogP contribution in [-0.2, 0) is 15.5 Å². The molecule has 0 N–H and O–H groups in total. The number of hydrogen-bond donors (Lipinski definition) is 0. The van der Waals surface area contributed by atoms with Crippen molar-refractivity contribution in [1.29, 1.82) is 0 Å². The summed E-state index contributed by atoms with van der Waals surface area (Å²) in [6.07, 6.45) is -4.55. The van der Waals surface area contributed by atoms with Crippen LogP contribution in [0.2, 0.25) is 0 Å². The van der Waals surface area contributed by atoms with Gasteiger partial charge in [-0.25, -0.2) is 0 Å². The van der Waals surface area contributed by atoms with E-state index in [4.69, 9.17) is 9.31 Å². The lowest BCUT2D eigenvalue weighted by molar-refractivity contribution is -0.155. The molecule has 0 bridgehead atoms. The first-order valence-electron chi connectivity index (χ1n) is 7.49. The van der Waals surface area contributed by atoms with E-state index in [1.165, 1.54) is 0 Å². The van der Waals surface area contributed by atoms with Gasteiger partial charge in [-0.3, -0.25) is 0 Å². The van der Waals surface area contributed by atoms with Crippen LogP contribution < -0.4 is 5.46 Å². The second-order valence-corrected chi connectivity index (χ2v) is 6.78. The van der Waals surface area contributed by atoms with Crippen molar-refractivity contribution in [3.8, 4) is 11.3 Å². The van der Waals surface area contributed by atoms with Crippen LogP contribution in [0.5, 0.6) is 0 Å². The Kier molecular flexibility index (Phi) is 3.80. The standard InChI is InChI=1S/C16H17BF3NO3/c1-14(2)15(3,4)24-17(23-14)11-7-5-10(6-8-11)12-9-13(22-21-12)16(18,19)20/h5-9H,1-4H3. The van der Waals surface area contributed by atoms with E-state index in [-0.39, 0.29) is 5.69 Å². The number of hydrogen-bond acceptors (Lipinski definition) is 4. The van der Waals surface area contributed by atoms with Gasteiger partial charge >= 0.3 is 13.3 Å². The van der Waals surface area contributed by atoms with E-state index in [1.807, 2.05) is 27.7 Å². The predicted molar refractivity (Wildman–Crippen MR) is 82.7 cm³/mol. The smallest absolute Gasteiger partial charge is 0.399 e. The fraction of sp³-hybridized carbons (Fsp3) is 0.438. The molecule has 0 atom stereocenters. The summed E-state index contributed by atoms with van der Waals surface area (Å²) in [5, 5.41) is 3.47. The Morgan fingerprint density at radius 3 is 1.96 bits per heavy atom. The number of halogens is 3. The largest absolute Gasteiger partial charge is 0.494 e. The van der Waals surface area contributed by atoms with Crippen molar-refractivity contribution >= 4 is 12.6 Å². The normalized spacial score (nSPS) is 19.7. The number of nitrogens with zero attached hydrogens (tertiary/aromatic N) is 1. The molecule has 4 nitrogen and oxygen atoms in total. The van der Waals surface area contributed by atoms with E-state index < -0.39 is 30.3 Å². The summed E-state index contributed by atoms with van der Waals surface area (Å²) < 4.78 is 53.9. The van der Waals surface area contributed by atoms with Gasteiger partial charge in [-0.2, -0.15) is 13.2 Å². The molecule has 24 heavy (non-hydrogen) atoms. The van der Waals surface area contributed by atoms with E-state index >= 15 is 0 Å². The minimum absolute atomic E-state index is 0.128. The molecule has 1 aliphatic rings. The first-order chi connectivity index (χ1) is 11.0. The fourth-order valence-corrected chi connectivity index (χ4v) is 2.34. The average Bonchev–Trinajstić information content (AvgIpc) is 3.02. The van der Waals surface area contributed by atoms with Crippen molar-refractivity contribution in [1.82, 2.24) is 5.16 Å². The van der Waals surface area contributed by atoms with E-state index in [1.54, 1.807) is 24.3 Å². The van der Waals surface area contributed by atoms with Gasteiger partial charge in [0.15, 0.2) is 0 Å². The van der Waals surface area contributed by atoms with Crippen molar-refractivity contribution in [2.24, 2.45) is 0 Å². The zero-order valence-corrected chi connectivity index (χ0v) is 13.8. The number of benzene rings is 1. The monoisotopic (exact) mass is 339 g/mol. The summed E-state index contributed by atoms with van der Waals surface area (Å²) in [7, 11) is -0.521. The molecular formula is C16H17BF3NO3. The highest BCUT2D eigenvalue weighted by Crippen LogP contribution is 2.36. The van der Waals surface area contributed by atoms with Gasteiger partial charge in [0.25, 0.3) is 0 Å². The van der Waals surface area contributed by atoms with Gasteiger partial charge in [0.2, 0.25) is 5.76 Å². The van der Waals surface area contributed by atoms with Crippen LogP contribution >= 0.6 is 0 Å². The molecular weight excluding hydrogens is 322 g/mol. The maximum atomic E-state index is 12.6. The molecule has 3 rings (SSSR count). The highest BCUT2D eigenvalue weighted by atomic mass is 19.4. The molecule has 1 aromatic heterocycles. The third kappa shape index (κ3) is 2.96. The van der Waals surface area contributed by atoms with Crippen molar-refractivity contribution < 1.29 is 27.0 Å². The van der Waals surface area contributed by atoms with Gasteiger partial charge in [-0.1, -0.05) is 29.4 Å². The Morgan fingerprint density at radius 2 is 1.50 bits per heavy atom. The first-order valence-corrected chi connectivity index (χ1v) is 7.49. The predicted octanol–water partition coefficient (Wildman–Crippen LogP) is 3.66. The zero-order valence-electron chi connectivity index (χ0n) is 13.8. The average molecular weight is 339 g/mol. The molecule has 0 amide bonds. The maximum absolute atomic E-state index is 12.6. The van der Waals surface area contributed by atoms with Crippen LogP contribution in [0.1, 0.15) is 33.5 Å². The number of alkyl halides is 3. The van der Waals surface area contributed by atoms with Crippen LogP contribution in [0, 0.1) is 0 Å². The molecule has 2 heterocycles. The van der Waals surface area contributed by atoms with Gasteiger partial charge in [-0.15, -0.1) is 0 Å². The van der Waals surface area contributed by atoms with Crippen molar-refractivity contribution in [2.45, 2.75) is 45.1 Å². The van der Waals surface area contributed by atoms with E-state index in [0.717, 1.165) is 11.5 Å². The van der Waals surface area contributed by atoms with Gasteiger partial charge in [0, 0.05) is 11.6 Å². The molecule has 0 unspecified atom stereocenters. The summed E-state index contributed by atoms with van der Waals surface area (Å²) in [6.45, 7) is 7.82. The third-order valence-corrected chi connectivity index (χ3v) is 4.52. The third-order valence-electron chi connectivity index (χ3n) is 4.52. The van der Waals surface area contributed by atoms with E-state index in [0.29, 0.717) is 5.56 Å². The number of aromatic nitrogens is 1. The lowest BCUT2D eigenvalue weighted by Crippen LogP contribution is -2.41. The zero-order chi connectivity index (χ0) is 17.8. The van der Waals surface area contributed by atoms with Crippen LogP contribution in [0.4, 0.5) is 13.2 Å². The number of rotatable bonds is 2. The highest BCUT2D eigenvalue weighted by Gasteiger charge is 2.51. The lowest BCUT2D eigenvalue weighted by Gasteiger charge is -2.32. The first kappa shape index (κ1) is 17.0. The fourth-order valence-electron chi connectivity index (χ4n) is 2.34. The Hall–Kier alpha value is -1.80. The molecule has 1 saturated heterocycles. The van der Waals surface area contributed by atoms with E-state index in [9.17, 15) is 13.2 Å². The minimum atomic E-state index is -4.55. The van der Waals surface area contributed by atoms with Gasteiger partial charge in [0.1, 0.15) is 5.69 Å². The second kappa shape index (κ2) is 5.36. The summed E-state index contributed by atoms with van der Waals surface area (Å²) in [6, 6.07) is 7.71. The van der Waals surface area contributed by atoms with Gasteiger partial charge in [0.05, 0.1) is 11.2 Å². The molecule has 1 aliphatic heterocycles. The molecule has 0 saturated carbocycles. The maximum Gasteiger partial charge on any atom is 0.494 e. The Labute approximate surface area is 138 Å². The van der Waals surface area contributed by atoms with Crippen molar-refractivity contribution in [3.05, 3.63) is 36.1 Å². The van der Waals surface area contributed by atoms with Crippen LogP contribution in [0.25, 0.3) is 11.3 Å². The molecule has 0 radical (unpaired) electrons. The molecule has 8 heteroatoms. The molecule has 0 aliphatic carbocycles. The minimum Gasteiger partial charge on any atom is -0.399 e. The summed E-state index contributed by atoms with van der Waals surface area (Å²) in [4.78, 5) is 0. The molecule has 1 aromatic carbocycles. The lowest BCUT2D eigenvalue weighted by atomic mass is 9.79. The molecule has 128 valence electrons. The topological polar surface area (TPSA) is 44.5 Å². The molecule has 0 spiro atoms. The van der Waals surface area contributed by atoms with Crippen LogP contribution in [0.3, 0.4) is 0 Å².